The zero-order valence-corrected chi connectivity index (χ0v) is 14.0. The summed E-state index contributed by atoms with van der Waals surface area (Å²) in [6.07, 6.45) is 2.63. The number of aromatic nitrogens is 3. The summed E-state index contributed by atoms with van der Waals surface area (Å²) < 4.78 is 5.31. The van der Waals surface area contributed by atoms with Crippen LogP contribution >= 0.6 is 0 Å². The molecule has 0 spiro atoms. The average Bonchev–Trinajstić information content (AvgIpc) is 2.66. The minimum absolute atomic E-state index is 0.641. The van der Waals surface area contributed by atoms with Crippen LogP contribution in [-0.4, -0.2) is 35.2 Å². The number of pyridine rings is 1. The van der Waals surface area contributed by atoms with E-state index in [4.69, 9.17) is 20.4 Å². The third-order valence-electron chi connectivity index (χ3n) is 4.22. The van der Waals surface area contributed by atoms with E-state index in [2.05, 4.69) is 10.3 Å². The van der Waals surface area contributed by atoms with Crippen LogP contribution in [0.4, 0.5) is 5.82 Å². The Bertz CT molecular complexity index is 1060. The average molecular weight is 333 g/mol. The summed E-state index contributed by atoms with van der Waals surface area (Å²) >= 11 is 0. The molecule has 0 fully saturated rings. The summed E-state index contributed by atoms with van der Waals surface area (Å²) in [6.45, 7) is 1.40. The molecule has 4 rings (SSSR count). The number of nitrogens with zero attached hydrogens (tertiary/aromatic N) is 3. The van der Waals surface area contributed by atoms with Crippen molar-refractivity contribution in [2.24, 2.45) is 5.73 Å². The molecule has 0 aliphatic heterocycles. The molecule has 6 nitrogen and oxygen atoms in total. The number of hydrogen-bond acceptors (Lipinski definition) is 6. The molecule has 3 N–H and O–H groups in total. The van der Waals surface area contributed by atoms with Crippen molar-refractivity contribution >= 4 is 38.7 Å². The van der Waals surface area contributed by atoms with Crippen molar-refractivity contribution in [3.8, 4) is 5.75 Å². The molecule has 0 amide bonds. The monoisotopic (exact) mass is 333 g/mol. The van der Waals surface area contributed by atoms with Crippen molar-refractivity contribution in [1.29, 1.82) is 0 Å². The zero-order chi connectivity index (χ0) is 17.2. The predicted molar refractivity (Wildman–Crippen MR) is 101 cm³/mol. The van der Waals surface area contributed by atoms with Gasteiger partial charge in [0, 0.05) is 18.1 Å². The molecule has 0 unspecified atom stereocenters. The normalized spacial score (nSPS) is 11.3. The van der Waals surface area contributed by atoms with E-state index in [9.17, 15) is 0 Å². The second-order valence-corrected chi connectivity index (χ2v) is 5.84. The van der Waals surface area contributed by atoms with E-state index >= 15 is 0 Å². The number of nitrogens with two attached hydrogens (primary N) is 1. The Morgan fingerprint density at radius 3 is 2.72 bits per heavy atom. The van der Waals surface area contributed by atoms with Crippen molar-refractivity contribution in [3.63, 3.8) is 0 Å². The SMILES string of the molecule is COc1ccc2c(ccc3nc4c(NCCCN)nccc4nc32)c1. The number of rotatable bonds is 5. The molecule has 25 heavy (non-hydrogen) atoms. The molecule has 2 aromatic carbocycles. The highest BCUT2D eigenvalue weighted by Crippen LogP contribution is 2.29. The molecule has 0 radical (unpaired) electrons. The molecule has 0 aliphatic rings. The highest BCUT2D eigenvalue weighted by Gasteiger charge is 2.10. The van der Waals surface area contributed by atoms with Gasteiger partial charge in [-0.15, -0.1) is 0 Å². The Kier molecular flexibility index (Phi) is 4.03. The van der Waals surface area contributed by atoms with Crippen molar-refractivity contribution in [2.45, 2.75) is 6.42 Å². The molecule has 2 heterocycles. The second-order valence-electron chi connectivity index (χ2n) is 5.84. The first kappa shape index (κ1) is 15.5. The maximum Gasteiger partial charge on any atom is 0.154 e. The zero-order valence-electron chi connectivity index (χ0n) is 14.0. The number of benzene rings is 2. The Morgan fingerprint density at radius 2 is 1.88 bits per heavy atom. The third kappa shape index (κ3) is 2.81. The van der Waals surface area contributed by atoms with Crippen LogP contribution < -0.4 is 15.8 Å². The van der Waals surface area contributed by atoms with Crippen LogP contribution in [-0.2, 0) is 0 Å². The largest absolute Gasteiger partial charge is 0.497 e. The molecular weight excluding hydrogens is 314 g/mol. The topological polar surface area (TPSA) is 86.0 Å². The van der Waals surface area contributed by atoms with Gasteiger partial charge in [-0.25, -0.2) is 15.0 Å². The number of nitrogens with one attached hydrogen (secondary N) is 1. The van der Waals surface area contributed by atoms with Crippen LogP contribution in [0.15, 0.2) is 42.6 Å². The van der Waals surface area contributed by atoms with Crippen LogP contribution in [0, 0.1) is 0 Å². The van der Waals surface area contributed by atoms with Gasteiger partial charge in [-0.3, -0.25) is 0 Å². The minimum atomic E-state index is 0.641. The second kappa shape index (κ2) is 6.49. The van der Waals surface area contributed by atoms with E-state index in [1.54, 1.807) is 13.3 Å². The Balaban J connectivity index is 1.90. The third-order valence-corrected chi connectivity index (χ3v) is 4.22. The van der Waals surface area contributed by atoms with Crippen LogP contribution in [0.25, 0.3) is 32.8 Å². The Morgan fingerprint density at radius 1 is 1.04 bits per heavy atom. The van der Waals surface area contributed by atoms with Gasteiger partial charge in [-0.2, -0.15) is 0 Å². The molecule has 4 aromatic rings. The smallest absolute Gasteiger partial charge is 0.154 e. The summed E-state index contributed by atoms with van der Waals surface area (Å²) in [5.41, 5.74) is 8.88. The van der Waals surface area contributed by atoms with Gasteiger partial charge in [0.15, 0.2) is 5.82 Å². The van der Waals surface area contributed by atoms with E-state index in [1.807, 2.05) is 36.4 Å². The van der Waals surface area contributed by atoms with Gasteiger partial charge in [0.1, 0.15) is 11.3 Å². The maximum atomic E-state index is 5.56. The minimum Gasteiger partial charge on any atom is -0.497 e. The van der Waals surface area contributed by atoms with E-state index < -0.39 is 0 Å². The molecule has 0 saturated carbocycles. The Hall–Kier alpha value is -2.99. The Labute approximate surface area is 145 Å². The van der Waals surface area contributed by atoms with Crippen molar-refractivity contribution in [1.82, 2.24) is 15.0 Å². The maximum absolute atomic E-state index is 5.56. The summed E-state index contributed by atoms with van der Waals surface area (Å²) in [5, 5.41) is 5.43. The van der Waals surface area contributed by atoms with Crippen LogP contribution in [0.2, 0.25) is 0 Å². The number of anilines is 1. The molecular formula is C19H19N5O. The standard InChI is InChI=1S/C19H19N5O/c1-25-13-4-5-14-12(11-13)3-6-15-17(14)23-16-7-10-22-19(18(16)24-15)21-9-2-8-20/h3-7,10-11H,2,8-9,20H2,1H3,(H,21,22). The highest BCUT2D eigenvalue weighted by molar-refractivity contribution is 6.07. The molecule has 6 heteroatoms. The summed E-state index contributed by atoms with van der Waals surface area (Å²) in [7, 11) is 1.67. The first-order chi connectivity index (χ1) is 12.3. The molecule has 0 aliphatic carbocycles. The molecule has 0 saturated heterocycles. The summed E-state index contributed by atoms with van der Waals surface area (Å²) in [6, 6.07) is 11.9. The fraction of sp³-hybridized carbons (Fsp3) is 0.211. The first-order valence-electron chi connectivity index (χ1n) is 8.27. The van der Waals surface area contributed by atoms with Gasteiger partial charge in [-0.1, -0.05) is 6.07 Å². The summed E-state index contributed by atoms with van der Waals surface area (Å²) in [4.78, 5) is 14.0. The van der Waals surface area contributed by atoms with Gasteiger partial charge in [0.05, 0.1) is 23.7 Å². The number of ether oxygens (including phenoxy) is 1. The van der Waals surface area contributed by atoms with Crippen molar-refractivity contribution in [2.75, 3.05) is 25.5 Å². The van der Waals surface area contributed by atoms with Gasteiger partial charge in [0.25, 0.3) is 0 Å². The number of methoxy groups -OCH3 is 1. The highest BCUT2D eigenvalue weighted by atomic mass is 16.5. The van der Waals surface area contributed by atoms with Crippen molar-refractivity contribution < 1.29 is 4.74 Å². The molecule has 0 atom stereocenters. The van der Waals surface area contributed by atoms with Crippen LogP contribution in [0.3, 0.4) is 0 Å². The predicted octanol–water partition coefficient (Wildman–Crippen LogP) is 3.10. The van der Waals surface area contributed by atoms with Gasteiger partial charge >= 0.3 is 0 Å². The lowest BCUT2D eigenvalue weighted by molar-refractivity contribution is 0.415. The van der Waals surface area contributed by atoms with E-state index in [0.717, 1.165) is 57.4 Å². The first-order valence-corrected chi connectivity index (χ1v) is 8.27. The van der Waals surface area contributed by atoms with E-state index in [0.29, 0.717) is 6.54 Å². The van der Waals surface area contributed by atoms with Crippen LogP contribution in [0.5, 0.6) is 5.75 Å². The van der Waals surface area contributed by atoms with Crippen LogP contribution in [0.1, 0.15) is 6.42 Å². The van der Waals surface area contributed by atoms with E-state index in [-0.39, 0.29) is 0 Å². The number of hydrogen-bond donors (Lipinski definition) is 2. The lowest BCUT2D eigenvalue weighted by Crippen LogP contribution is -2.10. The van der Waals surface area contributed by atoms with Crippen molar-refractivity contribution in [3.05, 3.63) is 42.6 Å². The van der Waals surface area contributed by atoms with E-state index in [1.165, 1.54) is 0 Å². The molecule has 0 bridgehead atoms. The quantitative estimate of drug-likeness (QED) is 0.332. The molecule has 2 aromatic heterocycles. The van der Waals surface area contributed by atoms with Gasteiger partial charge < -0.3 is 15.8 Å². The van der Waals surface area contributed by atoms with Gasteiger partial charge in [-0.05, 0) is 48.7 Å². The molecule has 126 valence electrons. The lowest BCUT2D eigenvalue weighted by Gasteiger charge is -2.09. The van der Waals surface area contributed by atoms with Gasteiger partial charge in [0.2, 0.25) is 0 Å². The number of fused-ring (bicyclic) bond motifs is 4. The fourth-order valence-corrected chi connectivity index (χ4v) is 2.94. The summed E-state index contributed by atoms with van der Waals surface area (Å²) in [5.74, 6) is 1.58. The lowest BCUT2D eigenvalue weighted by atomic mass is 10.1. The fourth-order valence-electron chi connectivity index (χ4n) is 2.94.